The van der Waals surface area contributed by atoms with Gasteiger partial charge in [0, 0.05) is 0 Å². The molecule has 0 aliphatic carbocycles. The van der Waals surface area contributed by atoms with Gasteiger partial charge in [-0.05, 0) is 0 Å². The molecule has 0 saturated carbocycles. The number of carboxylic acids is 2. The first-order chi connectivity index (χ1) is 5.88. The molecule has 0 rings (SSSR count). The third-order valence-electron chi connectivity index (χ3n) is 0.805. The summed E-state index contributed by atoms with van der Waals surface area (Å²) < 4.78 is 0. The molecule has 0 saturated heterocycles. The number of carbonyl (C=O) groups is 2. The Bertz CT molecular complexity index is 158. The van der Waals surface area contributed by atoms with Crippen molar-refractivity contribution < 1.29 is 43.1 Å². The summed E-state index contributed by atoms with van der Waals surface area (Å²) in [5.41, 5.74) is 0. The number of aliphatic hydroxyl groups excluding tert-OH is 2. The first-order valence-corrected chi connectivity index (χ1v) is 5.10. The van der Waals surface area contributed by atoms with Crippen molar-refractivity contribution in [2.75, 3.05) is 0 Å². The van der Waals surface area contributed by atoms with Crippen LogP contribution in [0.4, 0.5) is 0 Å². The summed E-state index contributed by atoms with van der Waals surface area (Å²) in [5.74, 6) is -3.54. The Labute approximate surface area is 87.7 Å². The predicted octanol–water partition coefficient (Wildman–Crippen LogP) is -0.746. The minimum absolute atomic E-state index is 0.757. The molecule has 0 radical (unpaired) electrons. The van der Waals surface area contributed by atoms with Crippen molar-refractivity contribution in [1.82, 2.24) is 0 Å². The molecule has 13 heavy (non-hydrogen) atoms. The van der Waals surface area contributed by atoms with Crippen molar-refractivity contribution in [3.05, 3.63) is 0 Å². The van der Waals surface area contributed by atoms with Crippen LogP contribution in [0.3, 0.4) is 0 Å². The van der Waals surface area contributed by atoms with E-state index in [4.69, 9.17) is 20.4 Å². The molecule has 6 nitrogen and oxygen atoms in total. The van der Waals surface area contributed by atoms with Crippen LogP contribution in [0.1, 0.15) is 0 Å². The summed E-state index contributed by atoms with van der Waals surface area (Å²) in [6.45, 7) is 0. The van der Waals surface area contributed by atoms with Crippen LogP contribution < -0.4 is 0 Å². The fraction of sp³-hybridized carbons (Fsp3) is 0.500. The monoisotopic (exact) mass is 283 g/mol. The molecule has 0 bridgehead atoms. The van der Waals surface area contributed by atoms with Crippen molar-refractivity contribution in [3.63, 3.8) is 0 Å². The molecule has 4 N–H and O–H groups in total. The minimum atomic E-state index is -2.27. The van der Waals surface area contributed by atoms with Gasteiger partial charge in [-0.1, -0.05) is 0 Å². The number of aliphatic carboxylic acids is 2. The van der Waals surface area contributed by atoms with E-state index in [0.29, 0.717) is 0 Å². The normalized spacial score (nSPS) is 13.8. The van der Waals surface area contributed by atoms with Crippen LogP contribution in [-0.4, -0.2) is 44.6 Å². The standard InChI is InChI=1S/C4H6O6.2ClH.Cu/c5-1(3(7)8)2(6)4(9)10;;;/h1-2,5-6H,(H,7,8)(H,9,10);2*1H;/q;;;+2/p-2. The van der Waals surface area contributed by atoms with Crippen molar-refractivity contribution in [2.24, 2.45) is 0 Å². The molecule has 0 aromatic carbocycles. The maximum absolute atomic E-state index is 9.77. The fourth-order valence-corrected chi connectivity index (χ4v) is 0.270. The van der Waals surface area contributed by atoms with E-state index < -0.39 is 24.1 Å². The number of aliphatic hydroxyl groups is 2. The van der Waals surface area contributed by atoms with E-state index in [0.717, 1.165) is 13.1 Å². The van der Waals surface area contributed by atoms with E-state index in [1.807, 2.05) is 0 Å². The molecule has 0 heterocycles. The zero-order valence-electron chi connectivity index (χ0n) is 5.82. The molecule has 0 aliphatic heterocycles. The Morgan fingerprint density at radius 1 is 1.00 bits per heavy atom. The second kappa shape index (κ2) is 8.55. The molecule has 0 aromatic heterocycles. The van der Waals surface area contributed by atoms with Gasteiger partial charge in [0.1, 0.15) is 0 Å². The van der Waals surface area contributed by atoms with Gasteiger partial charge < -0.3 is 20.4 Å². The van der Waals surface area contributed by atoms with Crippen molar-refractivity contribution in [3.8, 4) is 0 Å². The summed E-state index contributed by atoms with van der Waals surface area (Å²) in [6.07, 6.45) is -4.53. The topological polar surface area (TPSA) is 115 Å². The van der Waals surface area contributed by atoms with Gasteiger partial charge in [-0.25, -0.2) is 9.59 Å². The molecule has 0 amide bonds. The zero-order chi connectivity index (χ0) is 11.0. The second-order valence-electron chi connectivity index (χ2n) is 1.61. The van der Waals surface area contributed by atoms with E-state index in [1.54, 1.807) is 0 Å². The molecule has 83 valence electrons. The SMILES string of the molecule is O=C(O)C(O)C(O)C(=O)O.[Cl][Cu][Cl]. The summed E-state index contributed by atoms with van der Waals surface area (Å²) >= 11 is 0.757. The van der Waals surface area contributed by atoms with Gasteiger partial charge >= 0.3 is 45.3 Å². The first kappa shape index (κ1) is 15.4. The van der Waals surface area contributed by atoms with Crippen molar-refractivity contribution in [1.29, 1.82) is 0 Å². The molecule has 2 atom stereocenters. The third kappa shape index (κ3) is 8.29. The number of hydrogen-bond acceptors (Lipinski definition) is 4. The Kier molecular flexibility index (Phi) is 10.2. The van der Waals surface area contributed by atoms with Crippen LogP contribution >= 0.6 is 20.2 Å². The van der Waals surface area contributed by atoms with Crippen LogP contribution in [0.2, 0.25) is 0 Å². The average molecular weight is 285 g/mol. The number of hydrogen-bond donors (Lipinski definition) is 4. The summed E-state index contributed by atoms with van der Waals surface area (Å²) in [7, 11) is 9.34. The van der Waals surface area contributed by atoms with Gasteiger partial charge in [0.25, 0.3) is 0 Å². The van der Waals surface area contributed by atoms with Crippen LogP contribution in [0.5, 0.6) is 0 Å². The van der Waals surface area contributed by atoms with E-state index in [2.05, 4.69) is 20.2 Å². The van der Waals surface area contributed by atoms with Crippen LogP contribution in [0.15, 0.2) is 0 Å². The predicted molar refractivity (Wildman–Crippen MR) is 39.0 cm³/mol. The van der Waals surface area contributed by atoms with Crippen LogP contribution in [-0.2, 0) is 22.7 Å². The van der Waals surface area contributed by atoms with Crippen LogP contribution in [0, 0.1) is 0 Å². The molecule has 9 heteroatoms. The molecular formula is C4H6Cl2CuO6. The van der Waals surface area contributed by atoms with Gasteiger partial charge in [-0.15, -0.1) is 0 Å². The Hall–Kier alpha value is -0.0405. The van der Waals surface area contributed by atoms with Crippen LogP contribution in [0.25, 0.3) is 0 Å². The van der Waals surface area contributed by atoms with Gasteiger partial charge in [-0.3, -0.25) is 0 Å². The number of carboxylic acid groups (broad SMARTS) is 2. The summed E-state index contributed by atoms with van der Waals surface area (Å²) in [6, 6.07) is 0. The molecule has 0 fully saturated rings. The molecule has 0 aromatic rings. The van der Waals surface area contributed by atoms with Gasteiger partial charge in [-0.2, -0.15) is 0 Å². The van der Waals surface area contributed by atoms with Crippen molar-refractivity contribution in [2.45, 2.75) is 12.2 Å². The molecular weight excluding hydrogens is 278 g/mol. The van der Waals surface area contributed by atoms with E-state index in [9.17, 15) is 9.59 Å². The molecule has 2 unspecified atom stereocenters. The Balaban J connectivity index is 0. The molecule has 0 spiro atoms. The Morgan fingerprint density at radius 3 is 1.23 bits per heavy atom. The number of rotatable bonds is 3. The van der Waals surface area contributed by atoms with E-state index in [1.165, 1.54) is 0 Å². The maximum atomic E-state index is 9.77. The first-order valence-electron chi connectivity index (χ1n) is 2.51. The zero-order valence-corrected chi connectivity index (χ0v) is 8.27. The van der Waals surface area contributed by atoms with E-state index >= 15 is 0 Å². The third-order valence-corrected chi connectivity index (χ3v) is 0.805. The Morgan fingerprint density at radius 2 is 1.15 bits per heavy atom. The molecule has 0 aliphatic rings. The quantitative estimate of drug-likeness (QED) is 0.507. The van der Waals surface area contributed by atoms with E-state index in [-0.39, 0.29) is 0 Å². The average Bonchev–Trinajstić information content (AvgIpc) is 2.03. The van der Waals surface area contributed by atoms with Gasteiger partial charge in [0.05, 0.1) is 0 Å². The second-order valence-corrected chi connectivity index (χ2v) is 3.16. The van der Waals surface area contributed by atoms with Gasteiger partial charge in [0.15, 0.2) is 12.2 Å². The fourth-order valence-electron chi connectivity index (χ4n) is 0.270. The van der Waals surface area contributed by atoms with Crippen molar-refractivity contribution >= 4 is 32.1 Å². The summed E-state index contributed by atoms with van der Waals surface area (Å²) in [5, 5.41) is 32.5. The van der Waals surface area contributed by atoms with Gasteiger partial charge in [0.2, 0.25) is 0 Å². The summed E-state index contributed by atoms with van der Waals surface area (Å²) in [4.78, 5) is 19.5. The number of halogens is 2.